The van der Waals surface area contributed by atoms with E-state index < -0.39 is 17.3 Å². The number of azide groups is 1. The van der Waals surface area contributed by atoms with E-state index in [4.69, 9.17) is 10.3 Å². The molecular formula is C14H25N3O3S. The Kier molecular flexibility index (Phi) is 7.82. The predicted octanol–water partition coefficient (Wildman–Crippen LogP) is 3.95. The second-order valence-electron chi connectivity index (χ2n) is 6.30. The largest absolute Gasteiger partial charge is 0.465 e. The topological polar surface area (TPSA) is 92.1 Å². The van der Waals surface area contributed by atoms with Crippen LogP contribution in [-0.4, -0.2) is 29.0 Å². The zero-order valence-corrected chi connectivity index (χ0v) is 14.5. The molecule has 1 atom stereocenters. The summed E-state index contributed by atoms with van der Waals surface area (Å²) in [6.07, 6.45) is 0.298. The van der Waals surface area contributed by atoms with Gasteiger partial charge in [-0.1, -0.05) is 34.6 Å². The number of amides is 1. The van der Waals surface area contributed by atoms with Gasteiger partial charge in [0.1, 0.15) is 5.41 Å². The van der Waals surface area contributed by atoms with Crippen LogP contribution < -0.4 is 0 Å². The lowest BCUT2D eigenvalue weighted by Crippen LogP contribution is -2.44. The number of hydrogen-bond donors (Lipinski definition) is 0. The molecule has 0 saturated carbocycles. The van der Waals surface area contributed by atoms with Gasteiger partial charge >= 0.3 is 5.97 Å². The van der Waals surface area contributed by atoms with Gasteiger partial charge in [-0.05, 0) is 29.9 Å². The van der Waals surface area contributed by atoms with E-state index >= 15 is 0 Å². The number of rotatable bonds is 7. The van der Waals surface area contributed by atoms with Crippen molar-refractivity contribution < 1.29 is 14.3 Å². The van der Waals surface area contributed by atoms with Gasteiger partial charge < -0.3 is 4.74 Å². The van der Waals surface area contributed by atoms with Crippen molar-refractivity contribution in [1.82, 2.24) is 0 Å². The Morgan fingerprint density at radius 3 is 2.29 bits per heavy atom. The lowest BCUT2D eigenvalue weighted by atomic mass is 9.81. The highest BCUT2D eigenvalue weighted by atomic mass is 32.2. The van der Waals surface area contributed by atoms with Gasteiger partial charge in [0.2, 0.25) is 5.91 Å². The Balaban J connectivity index is 5.65. The zero-order chi connectivity index (χ0) is 16.7. The van der Waals surface area contributed by atoms with Crippen molar-refractivity contribution in [2.75, 3.05) is 12.4 Å². The van der Waals surface area contributed by atoms with Gasteiger partial charge in [0.25, 0.3) is 0 Å². The molecule has 0 aromatic carbocycles. The molecule has 1 amide bonds. The summed E-state index contributed by atoms with van der Waals surface area (Å²) in [5.41, 5.74) is 7.14. The van der Waals surface area contributed by atoms with Gasteiger partial charge in [-0.2, -0.15) is 11.8 Å². The van der Waals surface area contributed by atoms with Crippen LogP contribution in [0.15, 0.2) is 5.11 Å². The Morgan fingerprint density at radius 2 is 1.90 bits per heavy atom. The molecule has 0 fully saturated rings. The molecule has 0 spiro atoms. The van der Waals surface area contributed by atoms with Crippen LogP contribution in [0.4, 0.5) is 0 Å². The summed E-state index contributed by atoms with van der Waals surface area (Å²) in [4.78, 5) is 27.2. The van der Waals surface area contributed by atoms with Crippen LogP contribution in [0.25, 0.3) is 10.4 Å². The number of hydrogen-bond acceptors (Lipinski definition) is 4. The quantitative estimate of drug-likeness (QED) is 0.234. The highest BCUT2D eigenvalue weighted by Crippen LogP contribution is 2.38. The standard InChI is InChI=1S/C14H25N3O3S/c1-7-20-12(19)14(8-10(2)3,11(18)16-17-15)9-21-13(4,5)6/h10H,7-9H2,1-6H3/t14-/m0/s1. The van der Waals surface area contributed by atoms with Gasteiger partial charge in [0.05, 0.1) is 6.61 Å². The Labute approximate surface area is 130 Å². The molecule has 7 heteroatoms. The predicted molar refractivity (Wildman–Crippen MR) is 84.9 cm³/mol. The molecule has 0 radical (unpaired) electrons. The Morgan fingerprint density at radius 1 is 1.33 bits per heavy atom. The summed E-state index contributed by atoms with van der Waals surface area (Å²) in [5.74, 6) is -1.03. The maximum atomic E-state index is 12.4. The fourth-order valence-electron chi connectivity index (χ4n) is 1.88. The van der Waals surface area contributed by atoms with Crippen molar-refractivity contribution >= 4 is 23.6 Å². The summed E-state index contributed by atoms with van der Waals surface area (Å²) in [6.45, 7) is 11.7. The molecule has 0 N–H and O–H groups in total. The van der Waals surface area contributed by atoms with Crippen molar-refractivity contribution in [2.24, 2.45) is 16.4 Å². The first-order valence-electron chi connectivity index (χ1n) is 6.99. The van der Waals surface area contributed by atoms with Crippen LogP contribution in [0.2, 0.25) is 0 Å². The third-order valence-corrected chi connectivity index (χ3v) is 4.22. The molecule has 0 bridgehead atoms. The normalized spacial score (nSPS) is 14.2. The van der Waals surface area contributed by atoms with Gasteiger partial charge in [-0.3, -0.25) is 9.59 Å². The van der Waals surface area contributed by atoms with Gasteiger partial charge in [-0.15, -0.1) is 0 Å². The second kappa shape index (κ2) is 8.29. The molecule has 6 nitrogen and oxygen atoms in total. The highest BCUT2D eigenvalue weighted by Gasteiger charge is 2.47. The molecule has 0 aliphatic heterocycles. The number of nitrogens with zero attached hydrogens (tertiary/aromatic N) is 3. The zero-order valence-electron chi connectivity index (χ0n) is 13.7. The fraction of sp³-hybridized carbons (Fsp3) is 0.857. The van der Waals surface area contributed by atoms with E-state index in [2.05, 4.69) is 10.0 Å². The fourth-order valence-corrected chi connectivity index (χ4v) is 2.92. The van der Waals surface area contributed by atoms with Crippen molar-refractivity contribution in [1.29, 1.82) is 0 Å². The average Bonchev–Trinajstić information content (AvgIpc) is 2.33. The summed E-state index contributed by atoms with van der Waals surface area (Å²) in [7, 11) is 0. The van der Waals surface area contributed by atoms with Crippen molar-refractivity contribution in [3.8, 4) is 0 Å². The van der Waals surface area contributed by atoms with Gasteiger partial charge in [0.15, 0.2) is 0 Å². The first kappa shape index (κ1) is 19.8. The van der Waals surface area contributed by atoms with E-state index in [1.54, 1.807) is 6.92 Å². The van der Waals surface area contributed by atoms with E-state index in [1.165, 1.54) is 11.8 Å². The monoisotopic (exact) mass is 315 g/mol. The lowest BCUT2D eigenvalue weighted by molar-refractivity contribution is -0.159. The number of carbonyl (C=O) groups is 2. The molecule has 0 saturated heterocycles. The van der Waals surface area contributed by atoms with Crippen LogP contribution >= 0.6 is 11.8 Å². The number of ether oxygens (including phenoxy) is 1. The molecule has 0 rings (SSSR count). The Hall–Kier alpha value is -1.20. The van der Waals surface area contributed by atoms with Gasteiger partial charge in [0, 0.05) is 15.4 Å². The summed E-state index contributed by atoms with van der Waals surface area (Å²) >= 11 is 1.49. The van der Waals surface area contributed by atoms with Crippen molar-refractivity contribution in [2.45, 2.75) is 52.7 Å². The molecule has 0 aromatic rings. The third-order valence-electron chi connectivity index (χ3n) is 2.72. The lowest BCUT2D eigenvalue weighted by Gasteiger charge is -2.32. The van der Waals surface area contributed by atoms with E-state index in [-0.39, 0.29) is 23.0 Å². The van der Waals surface area contributed by atoms with E-state index in [1.807, 2.05) is 34.6 Å². The van der Waals surface area contributed by atoms with Crippen molar-refractivity contribution in [3.63, 3.8) is 0 Å². The molecule has 0 aliphatic rings. The average molecular weight is 315 g/mol. The molecule has 21 heavy (non-hydrogen) atoms. The van der Waals surface area contributed by atoms with E-state index in [0.29, 0.717) is 6.42 Å². The highest BCUT2D eigenvalue weighted by molar-refractivity contribution is 8.00. The number of esters is 1. The molecular weight excluding hydrogens is 290 g/mol. The summed E-state index contributed by atoms with van der Waals surface area (Å²) < 4.78 is 4.96. The van der Waals surface area contributed by atoms with E-state index in [9.17, 15) is 9.59 Å². The smallest absolute Gasteiger partial charge is 0.320 e. The first-order chi connectivity index (χ1) is 9.59. The van der Waals surface area contributed by atoms with Crippen LogP contribution in [0.3, 0.4) is 0 Å². The molecule has 0 aromatic heterocycles. The minimum Gasteiger partial charge on any atom is -0.465 e. The molecule has 0 aliphatic carbocycles. The van der Waals surface area contributed by atoms with Gasteiger partial charge in [-0.25, -0.2) is 0 Å². The second-order valence-corrected chi connectivity index (χ2v) is 8.10. The van der Waals surface area contributed by atoms with Crippen LogP contribution in [0.1, 0.15) is 48.0 Å². The summed E-state index contributed by atoms with van der Waals surface area (Å²) in [5, 5.41) is 3.18. The minimum atomic E-state index is -1.41. The van der Waals surface area contributed by atoms with E-state index in [0.717, 1.165) is 0 Å². The maximum absolute atomic E-state index is 12.4. The Bertz CT molecular complexity index is 426. The third kappa shape index (κ3) is 6.40. The molecule has 0 heterocycles. The number of carbonyl (C=O) groups excluding carboxylic acids is 2. The molecule has 0 unspecified atom stereocenters. The van der Waals surface area contributed by atoms with Crippen molar-refractivity contribution in [3.05, 3.63) is 10.4 Å². The number of thioether (sulfide) groups is 1. The molecule has 120 valence electrons. The van der Waals surface area contributed by atoms with Crippen LogP contribution in [0, 0.1) is 11.3 Å². The SMILES string of the molecule is CCOC(=O)[C@](CSC(C)(C)C)(CC(C)C)C(=O)N=[N+]=[N-]. The van der Waals surface area contributed by atoms with Crippen LogP contribution in [0.5, 0.6) is 0 Å². The van der Waals surface area contributed by atoms with Crippen LogP contribution in [-0.2, 0) is 14.3 Å². The minimum absolute atomic E-state index is 0.0906. The summed E-state index contributed by atoms with van der Waals surface area (Å²) in [6, 6.07) is 0. The maximum Gasteiger partial charge on any atom is 0.320 e. The first-order valence-corrected chi connectivity index (χ1v) is 7.98.